The number of nitrogens with zero attached hydrogens (tertiary/aromatic N) is 6. The van der Waals surface area contributed by atoms with Crippen LogP contribution in [0.1, 0.15) is 44.0 Å². The van der Waals surface area contributed by atoms with Gasteiger partial charge in [0.25, 0.3) is 5.91 Å². The number of carbonyl (C=O) groups is 1. The van der Waals surface area contributed by atoms with E-state index in [2.05, 4.69) is 42.0 Å². The molecule has 1 fully saturated rings. The summed E-state index contributed by atoms with van der Waals surface area (Å²) in [5.41, 5.74) is 3.46. The first-order valence-corrected chi connectivity index (χ1v) is 12.9. The van der Waals surface area contributed by atoms with E-state index in [0.717, 1.165) is 17.5 Å². The number of nitrogens with one attached hydrogen (secondary N) is 1. The van der Waals surface area contributed by atoms with Gasteiger partial charge in [0, 0.05) is 55.5 Å². The second kappa shape index (κ2) is 11.2. The zero-order chi connectivity index (χ0) is 29.3. The molecule has 0 aliphatic carbocycles. The summed E-state index contributed by atoms with van der Waals surface area (Å²) < 4.78 is 41.7. The summed E-state index contributed by atoms with van der Waals surface area (Å²) in [6.07, 6.45) is 1.48. The molecule has 0 bridgehead atoms. The molecule has 0 saturated carbocycles. The summed E-state index contributed by atoms with van der Waals surface area (Å²) >= 11 is 0. The minimum absolute atomic E-state index is 0.0448. The number of pyridine rings is 2. The van der Waals surface area contributed by atoms with Crippen molar-refractivity contribution in [1.29, 1.82) is 0 Å². The van der Waals surface area contributed by atoms with Gasteiger partial charge < -0.3 is 10.2 Å². The molecule has 1 aliphatic heterocycles. The molecule has 5 rings (SSSR count). The van der Waals surface area contributed by atoms with Crippen LogP contribution in [-0.2, 0) is 12.7 Å². The fourth-order valence-corrected chi connectivity index (χ4v) is 4.51. The van der Waals surface area contributed by atoms with Crippen molar-refractivity contribution in [2.45, 2.75) is 32.6 Å². The molecule has 4 heterocycles. The van der Waals surface area contributed by atoms with Crippen LogP contribution in [0.25, 0.3) is 11.0 Å². The number of benzene rings is 1. The fourth-order valence-electron chi connectivity index (χ4n) is 4.51. The maximum atomic E-state index is 13.9. The minimum atomic E-state index is -4.56. The Hall–Kier alpha value is -4.40. The molecule has 0 spiro atoms. The van der Waals surface area contributed by atoms with E-state index >= 15 is 0 Å². The molecule has 1 aromatic carbocycles. The summed E-state index contributed by atoms with van der Waals surface area (Å²) in [6, 6.07) is 5.75. The van der Waals surface area contributed by atoms with E-state index in [1.807, 2.05) is 32.8 Å². The van der Waals surface area contributed by atoms with E-state index in [1.165, 1.54) is 30.6 Å². The standard InChI is InChI=1S/C30H28F3N7O/c1-18-19(2)37-28-21(12-35-14-27(28)36-18)6-5-20-9-23(13-34-11-20)29(41)38-24-8-7-22(26(10-24)30(31,32)33)15-40-16-25(17-40)39(3)4/h7-14,25H,15-17H2,1-4H3,(H,38,41). The average molecular weight is 560 g/mol. The number of aryl methyl sites for hydroxylation is 2. The van der Waals surface area contributed by atoms with Crippen LogP contribution >= 0.6 is 0 Å². The van der Waals surface area contributed by atoms with Crippen molar-refractivity contribution in [3.8, 4) is 11.8 Å². The van der Waals surface area contributed by atoms with E-state index in [-0.39, 0.29) is 23.4 Å². The van der Waals surface area contributed by atoms with E-state index < -0.39 is 17.6 Å². The number of likely N-dealkylation sites (tertiary alicyclic amines) is 1. The number of anilines is 1. The molecule has 1 aliphatic rings. The first-order valence-electron chi connectivity index (χ1n) is 12.9. The van der Waals surface area contributed by atoms with Crippen molar-refractivity contribution >= 4 is 22.6 Å². The van der Waals surface area contributed by atoms with Gasteiger partial charge in [0.15, 0.2) is 0 Å². The summed E-state index contributed by atoms with van der Waals surface area (Å²) in [7, 11) is 3.91. The lowest BCUT2D eigenvalue weighted by molar-refractivity contribution is -0.138. The number of hydrogen-bond donors (Lipinski definition) is 1. The van der Waals surface area contributed by atoms with Gasteiger partial charge in [-0.15, -0.1) is 0 Å². The highest BCUT2D eigenvalue weighted by atomic mass is 19.4. The molecule has 210 valence electrons. The van der Waals surface area contributed by atoms with Crippen LogP contribution in [0, 0.1) is 25.7 Å². The van der Waals surface area contributed by atoms with Crippen molar-refractivity contribution in [1.82, 2.24) is 29.7 Å². The first-order chi connectivity index (χ1) is 19.5. The van der Waals surface area contributed by atoms with Crippen LogP contribution in [0.5, 0.6) is 0 Å². The molecule has 3 aromatic heterocycles. The third-order valence-electron chi connectivity index (χ3n) is 7.07. The molecular weight excluding hydrogens is 531 g/mol. The van der Waals surface area contributed by atoms with Gasteiger partial charge in [0.05, 0.1) is 34.3 Å². The Morgan fingerprint density at radius 2 is 1.76 bits per heavy atom. The number of rotatable bonds is 5. The molecular formula is C30H28F3N7O. The molecule has 1 saturated heterocycles. The summed E-state index contributed by atoms with van der Waals surface area (Å²) in [5, 5.41) is 2.56. The molecule has 1 N–H and O–H groups in total. The Morgan fingerprint density at radius 3 is 2.49 bits per heavy atom. The SMILES string of the molecule is Cc1nc2cncc(C#Cc3cncc(C(=O)Nc4ccc(CN5CC(N(C)C)C5)c(C(F)(F)F)c4)c3)c2nc1C. The van der Waals surface area contributed by atoms with Crippen molar-refractivity contribution < 1.29 is 18.0 Å². The number of carbonyl (C=O) groups excluding carboxylic acids is 1. The largest absolute Gasteiger partial charge is 0.416 e. The average Bonchev–Trinajstić information content (AvgIpc) is 2.90. The van der Waals surface area contributed by atoms with Gasteiger partial charge in [0.1, 0.15) is 11.0 Å². The normalized spacial score (nSPS) is 14.0. The van der Waals surface area contributed by atoms with E-state index in [0.29, 0.717) is 41.3 Å². The zero-order valence-electron chi connectivity index (χ0n) is 23.0. The number of fused-ring (bicyclic) bond motifs is 1. The summed E-state index contributed by atoms with van der Waals surface area (Å²) in [6.45, 7) is 5.34. The van der Waals surface area contributed by atoms with Gasteiger partial charge in [-0.3, -0.25) is 19.7 Å². The van der Waals surface area contributed by atoms with Crippen LogP contribution in [0.4, 0.5) is 18.9 Å². The van der Waals surface area contributed by atoms with Crippen molar-refractivity contribution in [3.05, 3.63) is 88.3 Å². The van der Waals surface area contributed by atoms with E-state index in [1.54, 1.807) is 12.4 Å². The molecule has 0 unspecified atom stereocenters. The topological polar surface area (TPSA) is 87.1 Å². The number of hydrogen-bond acceptors (Lipinski definition) is 7. The van der Waals surface area contributed by atoms with E-state index in [4.69, 9.17) is 0 Å². The number of likely N-dealkylation sites (N-methyl/N-ethyl adjacent to an activating group) is 1. The second-order valence-electron chi connectivity index (χ2n) is 10.3. The minimum Gasteiger partial charge on any atom is -0.322 e. The van der Waals surface area contributed by atoms with Crippen LogP contribution in [0.2, 0.25) is 0 Å². The van der Waals surface area contributed by atoms with Crippen LogP contribution in [0.15, 0.2) is 49.1 Å². The molecule has 4 aromatic rings. The molecule has 0 radical (unpaired) electrons. The van der Waals surface area contributed by atoms with E-state index in [9.17, 15) is 18.0 Å². The van der Waals surface area contributed by atoms with Gasteiger partial charge in [-0.2, -0.15) is 13.2 Å². The number of aromatic nitrogens is 4. The quantitative estimate of drug-likeness (QED) is 0.362. The van der Waals surface area contributed by atoms with Crippen molar-refractivity contribution in [2.24, 2.45) is 0 Å². The predicted octanol–water partition coefficient (Wildman–Crippen LogP) is 4.45. The smallest absolute Gasteiger partial charge is 0.322 e. The molecule has 8 nitrogen and oxygen atoms in total. The molecule has 11 heteroatoms. The maximum Gasteiger partial charge on any atom is 0.416 e. The van der Waals surface area contributed by atoms with Crippen LogP contribution < -0.4 is 5.32 Å². The van der Waals surface area contributed by atoms with Gasteiger partial charge in [-0.05, 0) is 51.7 Å². The number of amides is 1. The summed E-state index contributed by atoms with van der Waals surface area (Å²) in [4.78, 5) is 34.3. The third kappa shape index (κ3) is 6.34. The van der Waals surface area contributed by atoms with Crippen molar-refractivity contribution in [2.75, 3.05) is 32.5 Å². The highest BCUT2D eigenvalue weighted by Crippen LogP contribution is 2.35. The molecule has 1 amide bonds. The lowest BCUT2D eigenvalue weighted by Gasteiger charge is -2.43. The predicted molar refractivity (Wildman–Crippen MR) is 149 cm³/mol. The van der Waals surface area contributed by atoms with Crippen LogP contribution in [-0.4, -0.2) is 68.9 Å². The Morgan fingerprint density at radius 1 is 1.02 bits per heavy atom. The third-order valence-corrected chi connectivity index (χ3v) is 7.07. The Balaban J connectivity index is 1.33. The Kier molecular flexibility index (Phi) is 7.71. The maximum absolute atomic E-state index is 13.9. The lowest BCUT2D eigenvalue weighted by Crippen LogP contribution is -2.56. The van der Waals surface area contributed by atoms with Crippen molar-refractivity contribution in [3.63, 3.8) is 0 Å². The fraction of sp³-hybridized carbons (Fsp3) is 0.300. The number of halogens is 3. The van der Waals surface area contributed by atoms with Crippen LogP contribution in [0.3, 0.4) is 0 Å². The zero-order valence-corrected chi connectivity index (χ0v) is 23.0. The summed E-state index contributed by atoms with van der Waals surface area (Å²) in [5.74, 6) is 5.38. The van der Waals surface area contributed by atoms with Gasteiger partial charge in [0.2, 0.25) is 0 Å². The highest BCUT2D eigenvalue weighted by Gasteiger charge is 2.36. The van der Waals surface area contributed by atoms with Gasteiger partial charge in [-0.1, -0.05) is 17.9 Å². The lowest BCUT2D eigenvalue weighted by atomic mass is 10.0. The molecule has 0 atom stereocenters. The second-order valence-corrected chi connectivity index (χ2v) is 10.3. The monoisotopic (exact) mass is 559 g/mol. The first kappa shape index (κ1) is 28.1. The van der Waals surface area contributed by atoms with Gasteiger partial charge in [-0.25, -0.2) is 9.97 Å². The van der Waals surface area contributed by atoms with Gasteiger partial charge >= 0.3 is 6.18 Å². The highest BCUT2D eigenvalue weighted by molar-refractivity contribution is 6.04. The Labute approximate surface area is 235 Å². The number of alkyl halides is 3. The molecule has 41 heavy (non-hydrogen) atoms. The Bertz CT molecular complexity index is 1690.